The van der Waals surface area contributed by atoms with Crippen LogP contribution in [0, 0.1) is 5.92 Å². The van der Waals surface area contributed by atoms with E-state index in [0.29, 0.717) is 11.8 Å². The van der Waals surface area contributed by atoms with Gasteiger partial charge in [-0.1, -0.05) is 13.8 Å². The van der Waals surface area contributed by atoms with E-state index in [1.807, 2.05) is 0 Å². The van der Waals surface area contributed by atoms with Crippen molar-refractivity contribution in [1.82, 2.24) is 15.2 Å². The number of nitrogens with zero attached hydrogens (tertiary/aromatic N) is 2. The largest absolute Gasteiger partial charge is 0.480 e. The Labute approximate surface area is 130 Å². The maximum absolute atomic E-state index is 10.5. The molecule has 1 unspecified atom stereocenters. The zero-order valence-corrected chi connectivity index (χ0v) is 13.7. The lowest BCUT2D eigenvalue weighted by atomic mass is 9.98. The van der Waals surface area contributed by atoms with Crippen molar-refractivity contribution in [3.05, 3.63) is 16.1 Å². The summed E-state index contributed by atoms with van der Waals surface area (Å²) in [4.78, 5) is 17.7. The lowest BCUT2D eigenvalue weighted by Gasteiger charge is -2.32. The van der Waals surface area contributed by atoms with Gasteiger partial charge in [0.05, 0.1) is 17.2 Å². The van der Waals surface area contributed by atoms with E-state index in [-0.39, 0.29) is 6.54 Å². The predicted octanol–water partition coefficient (Wildman–Crippen LogP) is 2.15. The molecule has 0 aromatic carbocycles. The molecule has 2 heterocycles. The summed E-state index contributed by atoms with van der Waals surface area (Å²) in [5.41, 5.74) is 1.17. The maximum Gasteiger partial charge on any atom is 0.317 e. The van der Waals surface area contributed by atoms with Crippen LogP contribution in [0.5, 0.6) is 0 Å². The highest BCUT2D eigenvalue weighted by Gasteiger charge is 2.20. The molecule has 0 aliphatic carbocycles. The van der Waals surface area contributed by atoms with Gasteiger partial charge in [-0.15, -0.1) is 11.3 Å². The molecular weight excluding hydrogens is 286 g/mol. The first-order valence-electron chi connectivity index (χ1n) is 7.63. The average Bonchev–Trinajstić information content (AvgIpc) is 2.87. The van der Waals surface area contributed by atoms with Crippen LogP contribution in [0.3, 0.4) is 0 Å². The molecule has 0 saturated carbocycles. The Morgan fingerprint density at radius 2 is 2.43 bits per heavy atom. The maximum atomic E-state index is 10.5. The van der Waals surface area contributed by atoms with Crippen molar-refractivity contribution in [1.29, 1.82) is 0 Å². The minimum atomic E-state index is -0.786. The van der Waals surface area contributed by atoms with E-state index in [2.05, 4.69) is 29.4 Å². The van der Waals surface area contributed by atoms with Crippen molar-refractivity contribution in [2.45, 2.75) is 39.2 Å². The molecule has 1 aromatic heterocycles. The van der Waals surface area contributed by atoms with Gasteiger partial charge >= 0.3 is 5.97 Å². The monoisotopic (exact) mass is 311 g/mol. The Hall–Kier alpha value is -0.980. The summed E-state index contributed by atoms with van der Waals surface area (Å²) >= 11 is 1.75. The van der Waals surface area contributed by atoms with E-state index in [4.69, 9.17) is 10.1 Å². The van der Waals surface area contributed by atoms with Gasteiger partial charge in [-0.25, -0.2) is 4.98 Å². The Morgan fingerprint density at radius 1 is 1.62 bits per heavy atom. The fraction of sp³-hybridized carbons (Fsp3) is 0.733. The second-order valence-corrected chi connectivity index (χ2v) is 6.99. The molecule has 1 saturated heterocycles. The van der Waals surface area contributed by atoms with Gasteiger partial charge in [0, 0.05) is 24.4 Å². The van der Waals surface area contributed by atoms with Crippen LogP contribution in [0.4, 0.5) is 0 Å². The third-order valence-electron chi connectivity index (χ3n) is 3.76. The highest BCUT2D eigenvalue weighted by atomic mass is 32.1. The van der Waals surface area contributed by atoms with E-state index in [9.17, 15) is 4.79 Å². The normalized spacial score (nSPS) is 20.0. The number of carboxylic acid groups (broad SMARTS) is 1. The minimum absolute atomic E-state index is 0.0559. The Bertz CT molecular complexity index is 462. The Kier molecular flexibility index (Phi) is 6.14. The summed E-state index contributed by atoms with van der Waals surface area (Å²) in [5.74, 6) is 0.255. The highest BCUT2D eigenvalue weighted by molar-refractivity contribution is 7.09. The van der Waals surface area contributed by atoms with Crippen LogP contribution in [0.25, 0.3) is 0 Å². The molecule has 0 amide bonds. The van der Waals surface area contributed by atoms with Crippen molar-refractivity contribution < 1.29 is 9.90 Å². The first-order chi connectivity index (χ1) is 10.0. The molecule has 5 nitrogen and oxygen atoms in total. The molecular formula is C15H25N3O2S. The van der Waals surface area contributed by atoms with E-state index < -0.39 is 5.97 Å². The molecule has 21 heavy (non-hydrogen) atoms. The number of piperidine rings is 1. The smallest absolute Gasteiger partial charge is 0.317 e. The van der Waals surface area contributed by atoms with Crippen molar-refractivity contribution in [3.63, 3.8) is 0 Å². The summed E-state index contributed by atoms with van der Waals surface area (Å²) in [6, 6.07) is 0. The van der Waals surface area contributed by atoms with Gasteiger partial charge < -0.3 is 10.4 Å². The summed E-state index contributed by atoms with van der Waals surface area (Å²) in [6.45, 7) is 8.25. The van der Waals surface area contributed by atoms with Crippen LogP contribution < -0.4 is 5.32 Å². The lowest BCUT2D eigenvalue weighted by molar-refractivity contribution is -0.136. The molecule has 0 spiro atoms. The second-order valence-electron chi connectivity index (χ2n) is 6.10. The first kappa shape index (κ1) is 16.4. The minimum Gasteiger partial charge on any atom is -0.480 e. The summed E-state index contributed by atoms with van der Waals surface area (Å²) in [7, 11) is 0. The van der Waals surface area contributed by atoms with Gasteiger partial charge in [-0.3, -0.25) is 9.69 Å². The lowest BCUT2D eigenvalue weighted by Crippen LogP contribution is -2.40. The Balaban J connectivity index is 1.79. The van der Waals surface area contributed by atoms with Crippen LogP contribution in [0.15, 0.2) is 5.38 Å². The third-order valence-corrected chi connectivity index (χ3v) is 4.96. The van der Waals surface area contributed by atoms with Crippen LogP contribution in [0.2, 0.25) is 0 Å². The van der Waals surface area contributed by atoms with Crippen LogP contribution in [0.1, 0.15) is 43.3 Å². The SMILES string of the molecule is CC(C)c1nc(CN2CCCC(CNCC(=O)O)C2)cs1. The number of rotatable bonds is 7. The zero-order chi connectivity index (χ0) is 15.2. The molecule has 1 fully saturated rings. The molecule has 2 N–H and O–H groups in total. The van der Waals surface area contributed by atoms with Crippen LogP contribution >= 0.6 is 11.3 Å². The number of hydrogen-bond donors (Lipinski definition) is 2. The quantitative estimate of drug-likeness (QED) is 0.808. The molecule has 2 rings (SSSR count). The molecule has 0 bridgehead atoms. The Morgan fingerprint density at radius 3 is 3.10 bits per heavy atom. The summed E-state index contributed by atoms with van der Waals surface area (Å²) < 4.78 is 0. The molecule has 118 valence electrons. The van der Waals surface area contributed by atoms with Crippen molar-refractivity contribution in [2.75, 3.05) is 26.2 Å². The number of nitrogens with one attached hydrogen (secondary N) is 1. The fourth-order valence-electron chi connectivity index (χ4n) is 2.73. The molecule has 1 aliphatic rings. The summed E-state index contributed by atoms with van der Waals surface area (Å²) in [5, 5.41) is 15.1. The van der Waals surface area contributed by atoms with Crippen molar-refractivity contribution in [2.24, 2.45) is 5.92 Å². The average molecular weight is 311 g/mol. The molecule has 0 radical (unpaired) electrons. The second kappa shape index (κ2) is 7.87. The van der Waals surface area contributed by atoms with E-state index in [1.54, 1.807) is 11.3 Å². The molecule has 1 aliphatic heterocycles. The van der Waals surface area contributed by atoms with Gasteiger partial charge in [0.1, 0.15) is 0 Å². The molecule has 6 heteroatoms. The molecule has 1 aromatic rings. The fourth-order valence-corrected chi connectivity index (χ4v) is 3.56. The van der Waals surface area contributed by atoms with Gasteiger partial charge in [0.2, 0.25) is 0 Å². The van der Waals surface area contributed by atoms with E-state index in [1.165, 1.54) is 23.5 Å². The predicted molar refractivity (Wildman–Crippen MR) is 84.7 cm³/mol. The number of thiazole rings is 1. The number of hydrogen-bond acceptors (Lipinski definition) is 5. The zero-order valence-electron chi connectivity index (χ0n) is 12.8. The van der Waals surface area contributed by atoms with Gasteiger partial charge in [-0.05, 0) is 31.8 Å². The van der Waals surface area contributed by atoms with Crippen molar-refractivity contribution in [3.8, 4) is 0 Å². The van der Waals surface area contributed by atoms with E-state index in [0.717, 1.165) is 26.2 Å². The van der Waals surface area contributed by atoms with Gasteiger partial charge in [0.25, 0.3) is 0 Å². The summed E-state index contributed by atoms with van der Waals surface area (Å²) in [6.07, 6.45) is 2.36. The highest BCUT2D eigenvalue weighted by Crippen LogP contribution is 2.22. The standard InChI is InChI=1S/C15H25N3O2S/c1-11(2)15-17-13(10-21-15)9-18-5-3-4-12(8-18)6-16-7-14(19)20/h10-12,16H,3-9H2,1-2H3,(H,19,20). The number of carboxylic acids is 1. The first-order valence-corrected chi connectivity index (χ1v) is 8.51. The topological polar surface area (TPSA) is 65.5 Å². The van der Waals surface area contributed by atoms with Crippen molar-refractivity contribution >= 4 is 17.3 Å². The van der Waals surface area contributed by atoms with Crippen LogP contribution in [-0.4, -0.2) is 47.1 Å². The van der Waals surface area contributed by atoms with Gasteiger partial charge in [-0.2, -0.15) is 0 Å². The van der Waals surface area contributed by atoms with Crippen LogP contribution in [-0.2, 0) is 11.3 Å². The molecule has 1 atom stereocenters. The number of aliphatic carboxylic acids is 1. The number of likely N-dealkylation sites (tertiary alicyclic amines) is 1. The van der Waals surface area contributed by atoms with Gasteiger partial charge in [0.15, 0.2) is 0 Å². The number of aromatic nitrogens is 1. The number of carbonyl (C=O) groups is 1. The van der Waals surface area contributed by atoms with E-state index >= 15 is 0 Å². The third kappa shape index (κ3) is 5.37.